The van der Waals surface area contributed by atoms with Crippen LogP contribution in [-0.2, 0) is 6.42 Å². The number of anilines is 1. The third kappa shape index (κ3) is 1.40. The molecule has 0 saturated carbocycles. The normalized spacial score (nSPS) is 14.4. The van der Waals surface area contributed by atoms with Crippen molar-refractivity contribution >= 4 is 5.69 Å². The van der Waals surface area contributed by atoms with Gasteiger partial charge in [-0.2, -0.15) is 5.10 Å². The Morgan fingerprint density at radius 3 is 3.13 bits per heavy atom. The average Bonchev–Trinajstić information content (AvgIpc) is 2.82. The predicted molar refractivity (Wildman–Crippen MR) is 60.4 cm³/mol. The number of hydrogen-bond acceptors (Lipinski definition) is 2. The van der Waals surface area contributed by atoms with Crippen LogP contribution in [0.25, 0.3) is 5.69 Å². The minimum absolute atomic E-state index is 1.06. The highest BCUT2D eigenvalue weighted by Gasteiger charge is 2.12. The van der Waals surface area contributed by atoms with Gasteiger partial charge in [0.2, 0.25) is 0 Å². The molecule has 0 fully saturated rings. The number of nitrogens with one attached hydrogen (secondary N) is 1. The molecule has 0 saturated heterocycles. The molecule has 1 aliphatic heterocycles. The summed E-state index contributed by atoms with van der Waals surface area (Å²) in [4.78, 5) is 0. The quantitative estimate of drug-likeness (QED) is 0.763. The van der Waals surface area contributed by atoms with E-state index in [-0.39, 0.29) is 0 Å². The predicted octanol–water partition coefficient (Wildman–Crippen LogP) is 2.23. The molecule has 0 aliphatic carbocycles. The lowest BCUT2D eigenvalue weighted by molar-refractivity contribution is 0.812. The summed E-state index contributed by atoms with van der Waals surface area (Å²) in [7, 11) is 0. The zero-order valence-electron chi connectivity index (χ0n) is 8.48. The van der Waals surface area contributed by atoms with Crippen molar-refractivity contribution in [3.8, 4) is 5.69 Å². The molecular formula is C12H13N3. The van der Waals surface area contributed by atoms with Crippen LogP contribution in [0.5, 0.6) is 0 Å². The van der Waals surface area contributed by atoms with Gasteiger partial charge in [-0.3, -0.25) is 0 Å². The Labute approximate surface area is 88.7 Å². The molecule has 3 nitrogen and oxygen atoms in total. The maximum atomic E-state index is 4.27. The minimum atomic E-state index is 1.06. The first-order chi connectivity index (χ1) is 7.45. The third-order valence-corrected chi connectivity index (χ3v) is 2.80. The molecular weight excluding hydrogens is 186 g/mol. The van der Waals surface area contributed by atoms with Gasteiger partial charge in [-0.15, -0.1) is 0 Å². The lowest BCUT2D eigenvalue weighted by Crippen LogP contribution is -2.14. The largest absolute Gasteiger partial charge is 0.383 e. The fourth-order valence-electron chi connectivity index (χ4n) is 2.09. The summed E-state index contributed by atoms with van der Waals surface area (Å²) < 4.78 is 1.91. The van der Waals surface area contributed by atoms with E-state index in [0.717, 1.165) is 18.7 Å². The van der Waals surface area contributed by atoms with Gasteiger partial charge in [0.1, 0.15) is 0 Å². The number of aromatic nitrogens is 2. The third-order valence-electron chi connectivity index (χ3n) is 2.80. The lowest BCUT2D eigenvalue weighted by Gasteiger charge is -2.20. The molecule has 1 aromatic heterocycles. The molecule has 76 valence electrons. The molecule has 0 atom stereocenters. The van der Waals surface area contributed by atoms with Crippen molar-refractivity contribution < 1.29 is 0 Å². The molecule has 15 heavy (non-hydrogen) atoms. The zero-order chi connectivity index (χ0) is 10.1. The van der Waals surface area contributed by atoms with Crippen LogP contribution in [0.4, 0.5) is 5.69 Å². The fourth-order valence-corrected chi connectivity index (χ4v) is 2.09. The molecule has 3 rings (SSSR count). The number of nitrogens with zero attached hydrogens (tertiary/aromatic N) is 2. The van der Waals surface area contributed by atoms with Gasteiger partial charge in [-0.05, 0) is 30.5 Å². The molecule has 1 aromatic carbocycles. The summed E-state index contributed by atoms with van der Waals surface area (Å²) in [5.41, 5.74) is 3.79. The fraction of sp³-hybridized carbons (Fsp3) is 0.250. The monoisotopic (exact) mass is 199 g/mol. The molecule has 1 N–H and O–H groups in total. The number of fused-ring (bicyclic) bond motifs is 1. The summed E-state index contributed by atoms with van der Waals surface area (Å²) in [5, 5.41) is 7.73. The summed E-state index contributed by atoms with van der Waals surface area (Å²) in [5.74, 6) is 0. The van der Waals surface area contributed by atoms with Gasteiger partial charge >= 0.3 is 0 Å². The maximum absolute atomic E-state index is 4.27. The molecule has 0 amide bonds. The van der Waals surface area contributed by atoms with Gasteiger partial charge in [-0.1, -0.05) is 12.1 Å². The van der Waals surface area contributed by atoms with Gasteiger partial charge in [0.25, 0.3) is 0 Å². The Balaban J connectivity index is 2.15. The van der Waals surface area contributed by atoms with E-state index in [9.17, 15) is 0 Å². The summed E-state index contributed by atoms with van der Waals surface area (Å²) in [6, 6.07) is 8.34. The molecule has 0 unspecified atom stereocenters. The smallest absolute Gasteiger partial charge is 0.0879 e. The van der Waals surface area contributed by atoms with Crippen LogP contribution in [0.1, 0.15) is 12.0 Å². The molecule has 2 heterocycles. The minimum Gasteiger partial charge on any atom is -0.383 e. The van der Waals surface area contributed by atoms with Crippen LogP contribution < -0.4 is 5.32 Å². The van der Waals surface area contributed by atoms with E-state index in [1.165, 1.54) is 17.7 Å². The van der Waals surface area contributed by atoms with Crippen LogP contribution in [0, 0.1) is 0 Å². The van der Waals surface area contributed by atoms with Gasteiger partial charge in [0.05, 0.1) is 11.4 Å². The van der Waals surface area contributed by atoms with E-state index >= 15 is 0 Å². The molecule has 2 aromatic rings. The number of para-hydroxylation sites is 1. The molecule has 0 radical (unpaired) electrons. The van der Waals surface area contributed by atoms with E-state index in [0.29, 0.717) is 0 Å². The van der Waals surface area contributed by atoms with Crippen molar-refractivity contribution in [3.05, 3.63) is 42.2 Å². The van der Waals surface area contributed by atoms with Gasteiger partial charge < -0.3 is 5.32 Å². The molecule has 0 bridgehead atoms. The Kier molecular flexibility index (Phi) is 1.95. The van der Waals surface area contributed by atoms with Crippen molar-refractivity contribution in [2.75, 3.05) is 11.9 Å². The van der Waals surface area contributed by atoms with Gasteiger partial charge in [0.15, 0.2) is 0 Å². The van der Waals surface area contributed by atoms with Gasteiger partial charge in [0, 0.05) is 18.9 Å². The summed E-state index contributed by atoms with van der Waals surface area (Å²) in [6.45, 7) is 1.06. The standard InChI is InChI=1S/C12H13N3/c1-4-10-5-2-7-13-12(10)11(6-1)15-9-3-8-14-15/h1,3-4,6,8-9,13H,2,5,7H2. The Morgan fingerprint density at radius 2 is 2.27 bits per heavy atom. The Bertz CT molecular complexity index is 460. The summed E-state index contributed by atoms with van der Waals surface area (Å²) >= 11 is 0. The van der Waals surface area contributed by atoms with Crippen molar-refractivity contribution in [2.24, 2.45) is 0 Å². The Hall–Kier alpha value is -1.77. The molecule has 3 heteroatoms. The Morgan fingerprint density at radius 1 is 1.27 bits per heavy atom. The van der Waals surface area contributed by atoms with E-state index in [1.54, 1.807) is 0 Å². The van der Waals surface area contributed by atoms with E-state index < -0.39 is 0 Å². The highest BCUT2D eigenvalue weighted by atomic mass is 15.3. The van der Waals surface area contributed by atoms with Crippen molar-refractivity contribution in [1.82, 2.24) is 9.78 Å². The van der Waals surface area contributed by atoms with Gasteiger partial charge in [-0.25, -0.2) is 4.68 Å². The van der Waals surface area contributed by atoms with Crippen LogP contribution in [0.2, 0.25) is 0 Å². The van der Waals surface area contributed by atoms with Crippen molar-refractivity contribution in [3.63, 3.8) is 0 Å². The SMILES string of the molecule is c1cc2c(c(-n3cccn3)c1)NCCC2. The number of benzene rings is 1. The molecule has 1 aliphatic rings. The second-order valence-corrected chi connectivity index (χ2v) is 3.79. The summed E-state index contributed by atoms with van der Waals surface area (Å²) in [6.07, 6.45) is 6.17. The maximum Gasteiger partial charge on any atom is 0.0879 e. The average molecular weight is 199 g/mol. The van der Waals surface area contributed by atoms with Crippen molar-refractivity contribution in [1.29, 1.82) is 0 Å². The number of hydrogen-bond donors (Lipinski definition) is 1. The number of aryl methyl sites for hydroxylation is 1. The van der Waals surface area contributed by atoms with Crippen LogP contribution in [-0.4, -0.2) is 16.3 Å². The van der Waals surface area contributed by atoms with E-state index in [2.05, 4.69) is 28.6 Å². The lowest BCUT2D eigenvalue weighted by atomic mass is 10.0. The number of rotatable bonds is 1. The van der Waals surface area contributed by atoms with E-state index in [1.807, 2.05) is 23.1 Å². The highest BCUT2D eigenvalue weighted by molar-refractivity contribution is 5.66. The van der Waals surface area contributed by atoms with Crippen LogP contribution in [0.3, 0.4) is 0 Å². The topological polar surface area (TPSA) is 29.9 Å². The highest BCUT2D eigenvalue weighted by Crippen LogP contribution is 2.28. The first kappa shape index (κ1) is 8.53. The van der Waals surface area contributed by atoms with Crippen LogP contribution >= 0.6 is 0 Å². The zero-order valence-corrected chi connectivity index (χ0v) is 8.48. The van der Waals surface area contributed by atoms with Crippen LogP contribution in [0.15, 0.2) is 36.7 Å². The first-order valence-electron chi connectivity index (χ1n) is 5.31. The second kappa shape index (κ2) is 3.42. The molecule has 0 spiro atoms. The second-order valence-electron chi connectivity index (χ2n) is 3.79. The van der Waals surface area contributed by atoms with E-state index in [4.69, 9.17) is 0 Å². The van der Waals surface area contributed by atoms with Crippen molar-refractivity contribution in [2.45, 2.75) is 12.8 Å². The first-order valence-corrected chi connectivity index (χ1v) is 5.31.